The van der Waals surface area contributed by atoms with Gasteiger partial charge in [0, 0.05) is 36.7 Å². The summed E-state index contributed by atoms with van der Waals surface area (Å²) in [5.41, 5.74) is 1.74. The van der Waals surface area contributed by atoms with Gasteiger partial charge in [0.1, 0.15) is 0 Å². The number of aliphatic hydroxyl groups is 1. The standard InChI is InChI=1S/C16H27N3O2/c1-12-10-13(7-8-17-12)18-14-6-5-9-19(11-14)15(20)21-16(2,3)4/h7-8,10,14-15,20H,5-6,9,11H2,1-4H3,(H,17,18). The second-order valence-corrected chi connectivity index (χ2v) is 6.72. The SMILES string of the molecule is Cc1cc(NC2CCCN(C(O)OC(C)(C)C)C2)ccn1. The van der Waals surface area contributed by atoms with Gasteiger partial charge in [-0.3, -0.25) is 9.88 Å². The largest absolute Gasteiger partial charge is 0.381 e. The van der Waals surface area contributed by atoms with Crippen molar-refractivity contribution in [2.75, 3.05) is 18.4 Å². The first kappa shape index (κ1) is 16.2. The van der Waals surface area contributed by atoms with E-state index in [4.69, 9.17) is 4.74 Å². The molecule has 1 aliphatic rings. The molecule has 2 atom stereocenters. The first-order valence-corrected chi connectivity index (χ1v) is 7.63. The van der Waals surface area contributed by atoms with E-state index in [1.54, 1.807) is 0 Å². The molecule has 0 aliphatic carbocycles. The predicted molar refractivity (Wildman–Crippen MR) is 84.0 cm³/mol. The molecule has 0 radical (unpaired) electrons. The first-order chi connectivity index (χ1) is 9.83. The quantitative estimate of drug-likeness (QED) is 0.835. The summed E-state index contributed by atoms with van der Waals surface area (Å²) in [5.74, 6) is 0. The number of aryl methyl sites for hydroxylation is 1. The maximum Gasteiger partial charge on any atom is 0.216 e. The second-order valence-electron chi connectivity index (χ2n) is 6.72. The molecule has 0 aromatic carbocycles. The summed E-state index contributed by atoms with van der Waals surface area (Å²) in [4.78, 5) is 6.19. The third-order valence-corrected chi connectivity index (χ3v) is 3.49. The summed E-state index contributed by atoms with van der Waals surface area (Å²) in [6.45, 7) is 9.49. The van der Waals surface area contributed by atoms with Crippen molar-refractivity contribution < 1.29 is 9.84 Å². The van der Waals surface area contributed by atoms with Crippen molar-refractivity contribution in [1.82, 2.24) is 9.88 Å². The van der Waals surface area contributed by atoms with Crippen molar-refractivity contribution >= 4 is 5.69 Å². The van der Waals surface area contributed by atoms with E-state index in [1.165, 1.54) is 0 Å². The van der Waals surface area contributed by atoms with E-state index in [0.717, 1.165) is 37.3 Å². The molecule has 0 bridgehead atoms. The molecule has 1 saturated heterocycles. The van der Waals surface area contributed by atoms with Crippen molar-refractivity contribution in [3.63, 3.8) is 0 Å². The van der Waals surface area contributed by atoms with Gasteiger partial charge in [-0.2, -0.15) is 0 Å². The van der Waals surface area contributed by atoms with Gasteiger partial charge in [-0.25, -0.2) is 0 Å². The fraction of sp³-hybridized carbons (Fsp3) is 0.688. The zero-order chi connectivity index (χ0) is 15.5. The fourth-order valence-corrected chi connectivity index (χ4v) is 2.59. The van der Waals surface area contributed by atoms with Crippen LogP contribution in [0, 0.1) is 6.92 Å². The number of pyridine rings is 1. The van der Waals surface area contributed by atoms with E-state index in [9.17, 15) is 5.11 Å². The Morgan fingerprint density at radius 1 is 1.48 bits per heavy atom. The van der Waals surface area contributed by atoms with E-state index >= 15 is 0 Å². The maximum atomic E-state index is 10.2. The topological polar surface area (TPSA) is 57.6 Å². The minimum absolute atomic E-state index is 0.318. The van der Waals surface area contributed by atoms with Crippen LogP contribution in [0.4, 0.5) is 5.69 Å². The number of aliphatic hydroxyl groups excluding tert-OH is 1. The maximum absolute atomic E-state index is 10.2. The molecule has 118 valence electrons. The smallest absolute Gasteiger partial charge is 0.216 e. The number of hydrogen-bond acceptors (Lipinski definition) is 5. The van der Waals surface area contributed by atoms with E-state index < -0.39 is 6.41 Å². The number of nitrogens with one attached hydrogen (secondary N) is 1. The average Bonchev–Trinajstić information content (AvgIpc) is 2.37. The van der Waals surface area contributed by atoms with Gasteiger partial charge in [0.15, 0.2) is 0 Å². The van der Waals surface area contributed by atoms with Crippen LogP contribution in [0.15, 0.2) is 18.3 Å². The van der Waals surface area contributed by atoms with Crippen LogP contribution in [0.2, 0.25) is 0 Å². The molecule has 0 amide bonds. The van der Waals surface area contributed by atoms with E-state index in [-0.39, 0.29) is 5.60 Å². The van der Waals surface area contributed by atoms with Gasteiger partial charge in [-0.05, 0) is 52.7 Å². The summed E-state index contributed by atoms with van der Waals surface area (Å²) in [6.07, 6.45) is 3.12. The Kier molecular flexibility index (Phi) is 5.19. The lowest BCUT2D eigenvalue weighted by molar-refractivity contribution is -0.242. The van der Waals surface area contributed by atoms with Crippen LogP contribution >= 0.6 is 0 Å². The third-order valence-electron chi connectivity index (χ3n) is 3.49. The number of nitrogens with zero attached hydrogens (tertiary/aromatic N) is 2. The molecule has 0 spiro atoms. The van der Waals surface area contributed by atoms with Crippen molar-refractivity contribution in [2.45, 2.75) is 58.6 Å². The molecular formula is C16H27N3O2. The highest BCUT2D eigenvalue weighted by Gasteiger charge is 2.27. The van der Waals surface area contributed by atoms with Crippen LogP contribution in [-0.2, 0) is 4.74 Å². The molecule has 2 N–H and O–H groups in total. The first-order valence-electron chi connectivity index (χ1n) is 7.63. The third kappa shape index (κ3) is 5.26. The monoisotopic (exact) mass is 293 g/mol. The number of likely N-dealkylation sites (tertiary alicyclic amines) is 1. The van der Waals surface area contributed by atoms with Gasteiger partial charge < -0.3 is 15.2 Å². The van der Waals surface area contributed by atoms with E-state index in [0.29, 0.717) is 6.04 Å². The summed E-state index contributed by atoms with van der Waals surface area (Å²) in [7, 11) is 0. The molecule has 5 nitrogen and oxygen atoms in total. The number of ether oxygens (including phenoxy) is 1. The van der Waals surface area contributed by atoms with Crippen LogP contribution in [0.3, 0.4) is 0 Å². The molecule has 2 rings (SSSR count). The lowest BCUT2D eigenvalue weighted by Gasteiger charge is -2.38. The fourth-order valence-electron chi connectivity index (χ4n) is 2.59. The van der Waals surface area contributed by atoms with Crippen molar-refractivity contribution in [2.24, 2.45) is 0 Å². The number of rotatable bonds is 4. The van der Waals surface area contributed by atoms with Crippen LogP contribution in [-0.4, -0.2) is 46.1 Å². The van der Waals surface area contributed by atoms with Crippen LogP contribution < -0.4 is 5.32 Å². The minimum Gasteiger partial charge on any atom is -0.381 e. The summed E-state index contributed by atoms with van der Waals surface area (Å²) in [6, 6.07) is 4.34. The lowest BCUT2D eigenvalue weighted by atomic mass is 10.1. The van der Waals surface area contributed by atoms with Crippen molar-refractivity contribution in [3.05, 3.63) is 24.0 Å². The van der Waals surface area contributed by atoms with Crippen LogP contribution in [0.5, 0.6) is 0 Å². The number of aromatic nitrogens is 1. The van der Waals surface area contributed by atoms with Crippen molar-refractivity contribution in [1.29, 1.82) is 0 Å². The average molecular weight is 293 g/mol. The molecule has 2 heterocycles. The van der Waals surface area contributed by atoms with Crippen molar-refractivity contribution in [3.8, 4) is 0 Å². The van der Waals surface area contributed by atoms with E-state index in [1.807, 2.05) is 50.9 Å². The Bertz CT molecular complexity index is 459. The highest BCUT2D eigenvalue weighted by atomic mass is 16.6. The van der Waals surface area contributed by atoms with Gasteiger partial charge in [0.2, 0.25) is 6.41 Å². The predicted octanol–water partition coefficient (Wildman–Crippen LogP) is 2.36. The number of piperidine rings is 1. The normalized spacial score (nSPS) is 22.0. The lowest BCUT2D eigenvalue weighted by Crippen LogP contribution is -2.50. The van der Waals surface area contributed by atoms with E-state index in [2.05, 4.69) is 10.3 Å². The number of hydrogen-bond donors (Lipinski definition) is 2. The Morgan fingerprint density at radius 2 is 2.24 bits per heavy atom. The van der Waals surface area contributed by atoms with Gasteiger partial charge in [-0.1, -0.05) is 0 Å². The molecule has 1 aromatic rings. The van der Waals surface area contributed by atoms with Gasteiger partial charge in [-0.15, -0.1) is 0 Å². The summed E-state index contributed by atoms with van der Waals surface area (Å²) >= 11 is 0. The van der Waals surface area contributed by atoms with Crippen LogP contribution in [0.25, 0.3) is 0 Å². The molecule has 0 saturated carbocycles. The zero-order valence-corrected chi connectivity index (χ0v) is 13.5. The minimum atomic E-state index is -0.839. The highest BCUT2D eigenvalue weighted by molar-refractivity contribution is 5.44. The van der Waals surface area contributed by atoms with Gasteiger partial charge >= 0.3 is 0 Å². The molecule has 2 unspecified atom stereocenters. The number of anilines is 1. The summed E-state index contributed by atoms with van der Waals surface area (Å²) in [5, 5.41) is 13.7. The molecular weight excluding hydrogens is 266 g/mol. The van der Waals surface area contributed by atoms with Crippen LogP contribution in [0.1, 0.15) is 39.3 Å². The Balaban J connectivity index is 1.91. The zero-order valence-electron chi connectivity index (χ0n) is 13.5. The van der Waals surface area contributed by atoms with Gasteiger partial charge in [0.25, 0.3) is 0 Å². The molecule has 1 aromatic heterocycles. The van der Waals surface area contributed by atoms with Gasteiger partial charge in [0.05, 0.1) is 5.60 Å². The molecule has 1 aliphatic heterocycles. The Labute approximate surface area is 127 Å². The highest BCUT2D eigenvalue weighted by Crippen LogP contribution is 2.20. The molecule has 1 fully saturated rings. The molecule has 5 heteroatoms. The second kappa shape index (κ2) is 6.73. The Morgan fingerprint density at radius 3 is 2.90 bits per heavy atom. The summed E-state index contributed by atoms with van der Waals surface area (Å²) < 4.78 is 5.64. The Hall–Kier alpha value is -1.17. The molecule has 21 heavy (non-hydrogen) atoms.